The van der Waals surface area contributed by atoms with Gasteiger partial charge in [0.15, 0.2) is 0 Å². The summed E-state index contributed by atoms with van der Waals surface area (Å²) in [7, 11) is -3.38. The molecule has 0 atom stereocenters. The van der Waals surface area contributed by atoms with Crippen molar-refractivity contribution >= 4 is 31.8 Å². The van der Waals surface area contributed by atoms with Gasteiger partial charge in [0.2, 0.25) is 10.0 Å². The van der Waals surface area contributed by atoms with Crippen LogP contribution in [0.5, 0.6) is 0 Å². The Bertz CT molecular complexity index is 436. The molecule has 0 aromatic carbocycles. The van der Waals surface area contributed by atoms with Crippen LogP contribution in [0.1, 0.15) is 6.92 Å². The Morgan fingerprint density at radius 3 is 2.88 bits per heavy atom. The first-order valence-corrected chi connectivity index (χ1v) is 7.19. The standard InChI is InChI=1S/C9H13BrN2O3S/c1-2-15-6-7-16(13,14)12-9-5-3-4-8(10)11-9/h3-5H,2,6-7H2,1H3,(H,11,12). The van der Waals surface area contributed by atoms with E-state index in [1.165, 1.54) is 0 Å². The van der Waals surface area contributed by atoms with Crippen molar-refractivity contribution in [3.8, 4) is 0 Å². The monoisotopic (exact) mass is 308 g/mol. The molecule has 1 N–H and O–H groups in total. The van der Waals surface area contributed by atoms with Crippen LogP contribution in [0.25, 0.3) is 0 Å². The van der Waals surface area contributed by atoms with Gasteiger partial charge in [0.05, 0.1) is 12.4 Å². The number of nitrogens with one attached hydrogen (secondary N) is 1. The van der Waals surface area contributed by atoms with Gasteiger partial charge in [-0.15, -0.1) is 0 Å². The number of halogens is 1. The van der Waals surface area contributed by atoms with Gasteiger partial charge >= 0.3 is 0 Å². The predicted octanol–water partition coefficient (Wildman–Crippen LogP) is 1.62. The van der Waals surface area contributed by atoms with Crippen molar-refractivity contribution in [2.24, 2.45) is 0 Å². The minimum atomic E-state index is -3.38. The Balaban J connectivity index is 2.59. The van der Waals surface area contributed by atoms with Gasteiger partial charge in [0.1, 0.15) is 10.4 Å². The summed E-state index contributed by atoms with van der Waals surface area (Å²) in [6.07, 6.45) is 0. The van der Waals surface area contributed by atoms with Crippen LogP contribution in [0, 0.1) is 0 Å². The van der Waals surface area contributed by atoms with Gasteiger partial charge in [-0.25, -0.2) is 13.4 Å². The van der Waals surface area contributed by atoms with Gasteiger partial charge in [-0.3, -0.25) is 4.72 Å². The molecule has 1 heterocycles. The highest BCUT2D eigenvalue weighted by Crippen LogP contribution is 2.11. The molecule has 1 aromatic heterocycles. The normalized spacial score (nSPS) is 11.4. The Labute approximate surface area is 103 Å². The van der Waals surface area contributed by atoms with Crippen molar-refractivity contribution in [3.63, 3.8) is 0 Å². The molecule has 0 amide bonds. The van der Waals surface area contributed by atoms with Crippen molar-refractivity contribution in [2.45, 2.75) is 6.92 Å². The van der Waals surface area contributed by atoms with E-state index < -0.39 is 10.0 Å². The number of anilines is 1. The number of hydrogen-bond donors (Lipinski definition) is 1. The summed E-state index contributed by atoms with van der Waals surface area (Å²) in [4.78, 5) is 3.97. The molecule has 0 aliphatic heterocycles. The Morgan fingerprint density at radius 1 is 1.50 bits per heavy atom. The molecule has 0 aliphatic carbocycles. The van der Waals surface area contributed by atoms with Gasteiger partial charge in [0, 0.05) is 6.61 Å². The lowest BCUT2D eigenvalue weighted by atomic mass is 10.5. The molecular formula is C9H13BrN2O3S. The van der Waals surface area contributed by atoms with Crippen LogP contribution in [0.2, 0.25) is 0 Å². The lowest BCUT2D eigenvalue weighted by molar-refractivity contribution is 0.163. The highest BCUT2D eigenvalue weighted by molar-refractivity contribution is 9.10. The summed E-state index contributed by atoms with van der Waals surface area (Å²) in [6.45, 7) is 2.50. The number of ether oxygens (including phenoxy) is 1. The second-order valence-electron chi connectivity index (χ2n) is 2.96. The maximum absolute atomic E-state index is 11.5. The van der Waals surface area contributed by atoms with Gasteiger partial charge in [-0.2, -0.15) is 0 Å². The van der Waals surface area contributed by atoms with E-state index in [9.17, 15) is 8.42 Å². The van der Waals surface area contributed by atoms with Crippen LogP contribution >= 0.6 is 15.9 Å². The summed E-state index contributed by atoms with van der Waals surface area (Å²) in [5.41, 5.74) is 0. The quantitative estimate of drug-likeness (QED) is 0.640. The van der Waals surface area contributed by atoms with Crippen LogP contribution in [0.4, 0.5) is 5.82 Å². The zero-order valence-corrected chi connectivity index (χ0v) is 11.2. The van der Waals surface area contributed by atoms with Crippen LogP contribution in [0.15, 0.2) is 22.8 Å². The van der Waals surface area contributed by atoms with E-state index in [4.69, 9.17) is 4.74 Å². The van der Waals surface area contributed by atoms with Gasteiger partial charge < -0.3 is 4.74 Å². The molecule has 0 aliphatic rings. The summed E-state index contributed by atoms with van der Waals surface area (Å²) in [5, 5.41) is 0. The van der Waals surface area contributed by atoms with E-state index in [1.807, 2.05) is 6.92 Å². The van der Waals surface area contributed by atoms with Crippen molar-refractivity contribution in [2.75, 3.05) is 23.7 Å². The maximum Gasteiger partial charge on any atom is 0.236 e. The lowest BCUT2D eigenvalue weighted by Gasteiger charge is -2.07. The molecule has 0 spiro atoms. The minimum absolute atomic E-state index is 0.0744. The number of pyridine rings is 1. The number of rotatable bonds is 6. The molecule has 0 saturated heterocycles. The topological polar surface area (TPSA) is 68.3 Å². The van der Waals surface area contributed by atoms with Crippen LogP contribution < -0.4 is 4.72 Å². The molecule has 0 radical (unpaired) electrons. The summed E-state index contributed by atoms with van der Waals surface area (Å²) in [6, 6.07) is 5.01. The fraction of sp³-hybridized carbons (Fsp3) is 0.444. The predicted molar refractivity (Wildman–Crippen MR) is 65.8 cm³/mol. The number of sulfonamides is 1. The summed E-state index contributed by atoms with van der Waals surface area (Å²) >= 11 is 3.16. The Morgan fingerprint density at radius 2 is 2.25 bits per heavy atom. The minimum Gasteiger partial charge on any atom is -0.381 e. The number of nitrogens with zero attached hydrogens (tertiary/aromatic N) is 1. The third-order valence-electron chi connectivity index (χ3n) is 1.68. The van der Waals surface area contributed by atoms with Gasteiger partial charge in [-0.05, 0) is 35.0 Å². The number of hydrogen-bond acceptors (Lipinski definition) is 4. The molecule has 0 saturated carbocycles. The van der Waals surface area contributed by atoms with E-state index in [0.29, 0.717) is 17.0 Å². The highest BCUT2D eigenvalue weighted by Gasteiger charge is 2.10. The smallest absolute Gasteiger partial charge is 0.236 e. The second kappa shape index (κ2) is 6.17. The fourth-order valence-corrected chi connectivity index (χ4v) is 2.20. The zero-order valence-electron chi connectivity index (χ0n) is 8.81. The van der Waals surface area contributed by atoms with Crippen molar-refractivity contribution in [1.82, 2.24) is 4.98 Å². The van der Waals surface area contributed by atoms with E-state index in [2.05, 4.69) is 25.6 Å². The van der Waals surface area contributed by atoms with E-state index in [0.717, 1.165) is 0 Å². The molecule has 0 bridgehead atoms. The van der Waals surface area contributed by atoms with E-state index >= 15 is 0 Å². The maximum atomic E-state index is 11.5. The van der Waals surface area contributed by atoms with Crippen molar-refractivity contribution in [3.05, 3.63) is 22.8 Å². The Kier molecular flexibility index (Phi) is 5.17. The second-order valence-corrected chi connectivity index (χ2v) is 5.62. The van der Waals surface area contributed by atoms with Crippen LogP contribution in [-0.4, -0.2) is 32.4 Å². The van der Waals surface area contributed by atoms with Crippen LogP contribution in [0.3, 0.4) is 0 Å². The Hall–Kier alpha value is -0.660. The third-order valence-corrected chi connectivity index (χ3v) is 3.34. The van der Waals surface area contributed by atoms with Crippen LogP contribution in [-0.2, 0) is 14.8 Å². The SMILES string of the molecule is CCOCCS(=O)(=O)Nc1cccc(Br)n1. The summed E-state index contributed by atoms with van der Waals surface area (Å²) < 4.78 is 31.0. The van der Waals surface area contributed by atoms with E-state index in [-0.39, 0.29) is 12.4 Å². The first-order chi connectivity index (χ1) is 7.53. The van der Waals surface area contributed by atoms with Gasteiger partial charge in [0.25, 0.3) is 0 Å². The molecular weight excluding hydrogens is 296 g/mol. The molecule has 0 unspecified atom stereocenters. The molecule has 0 fully saturated rings. The average Bonchev–Trinajstić information content (AvgIpc) is 2.17. The lowest BCUT2D eigenvalue weighted by Crippen LogP contribution is -2.20. The average molecular weight is 309 g/mol. The zero-order chi connectivity index (χ0) is 12.0. The molecule has 7 heteroatoms. The first-order valence-electron chi connectivity index (χ1n) is 4.74. The summed E-state index contributed by atoms with van der Waals surface area (Å²) in [5.74, 6) is 0.223. The van der Waals surface area contributed by atoms with Gasteiger partial charge in [-0.1, -0.05) is 6.07 Å². The molecule has 1 aromatic rings. The van der Waals surface area contributed by atoms with Crippen molar-refractivity contribution < 1.29 is 13.2 Å². The molecule has 16 heavy (non-hydrogen) atoms. The number of aromatic nitrogens is 1. The molecule has 1 rings (SSSR count). The fourth-order valence-electron chi connectivity index (χ4n) is 0.988. The third kappa shape index (κ3) is 4.91. The first kappa shape index (κ1) is 13.4. The molecule has 90 valence electrons. The largest absolute Gasteiger partial charge is 0.381 e. The van der Waals surface area contributed by atoms with Crippen molar-refractivity contribution in [1.29, 1.82) is 0 Å². The molecule has 5 nitrogen and oxygen atoms in total. The van der Waals surface area contributed by atoms with E-state index in [1.54, 1.807) is 18.2 Å². The highest BCUT2D eigenvalue weighted by atomic mass is 79.9.